The predicted octanol–water partition coefficient (Wildman–Crippen LogP) is 4.62. The number of nitrogens with zero attached hydrogens (tertiary/aromatic N) is 1. The van der Waals surface area contributed by atoms with E-state index in [1.54, 1.807) is 0 Å². The molecule has 0 saturated carbocycles. The van der Waals surface area contributed by atoms with Crippen molar-refractivity contribution in [2.24, 2.45) is 11.0 Å². The minimum absolute atomic E-state index is 0.0720. The van der Waals surface area contributed by atoms with Crippen LogP contribution >= 0.6 is 0 Å². The Morgan fingerprint density at radius 2 is 2.04 bits per heavy atom. The van der Waals surface area contributed by atoms with E-state index in [4.69, 9.17) is 4.74 Å². The third-order valence-corrected chi connectivity index (χ3v) is 4.72. The standard InChI is InChI=1S/C22H24N2O2/c1-15(2)18-12-11-16(3)20(13-18)23-24-22(25)14-26-21-10-6-8-17-7-4-5-9-19(17)21/h4-11,18H,1,12-14H2,2-3H3,(H,24,25)/b23-20-. The molecule has 1 atom stereocenters. The first-order chi connectivity index (χ1) is 12.5. The fourth-order valence-corrected chi connectivity index (χ4v) is 3.05. The van der Waals surface area contributed by atoms with Crippen LogP contribution in [0.25, 0.3) is 10.8 Å². The normalized spacial score (nSPS) is 18.5. The zero-order valence-electron chi connectivity index (χ0n) is 15.3. The molecule has 1 aliphatic carbocycles. The summed E-state index contributed by atoms with van der Waals surface area (Å²) >= 11 is 0. The lowest BCUT2D eigenvalue weighted by Gasteiger charge is -2.22. The number of amides is 1. The van der Waals surface area contributed by atoms with Gasteiger partial charge in [-0.2, -0.15) is 5.10 Å². The van der Waals surface area contributed by atoms with Crippen LogP contribution in [0.15, 0.2) is 71.4 Å². The van der Waals surface area contributed by atoms with Crippen LogP contribution in [0.5, 0.6) is 5.75 Å². The second kappa shape index (κ2) is 8.00. The minimum Gasteiger partial charge on any atom is -0.483 e. The second-order valence-electron chi connectivity index (χ2n) is 6.73. The van der Waals surface area contributed by atoms with Crippen molar-refractivity contribution in [1.82, 2.24) is 5.43 Å². The van der Waals surface area contributed by atoms with Gasteiger partial charge in [-0.05, 0) is 49.6 Å². The molecule has 4 heteroatoms. The highest BCUT2D eigenvalue weighted by Crippen LogP contribution is 2.26. The summed E-state index contributed by atoms with van der Waals surface area (Å²) in [6, 6.07) is 13.7. The Kier molecular flexibility index (Phi) is 5.52. The summed E-state index contributed by atoms with van der Waals surface area (Å²) in [7, 11) is 0. The highest BCUT2D eigenvalue weighted by atomic mass is 16.5. The smallest absolute Gasteiger partial charge is 0.277 e. The number of hydrazone groups is 1. The molecule has 0 aliphatic heterocycles. The number of carbonyl (C=O) groups is 1. The van der Waals surface area contributed by atoms with Gasteiger partial charge in [-0.15, -0.1) is 0 Å². The van der Waals surface area contributed by atoms with Gasteiger partial charge < -0.3 is 4.74 Å². The molecule has 4 nitrogen and oxygen atoms in total. The third kappa shape index (κ3) is 4.20. The van der Waals surface area contributed by atoms with Crippen LogP contribution in [0.4, 0.5) is 0 Å². The van der Waals surface area contributed by atoms with Gasteiger partial charge in [0.25, 0.3) is 5.91 Å². The average Bonchev–Trinajstić information content (AvgIpc) is 2.65. The van der Waals surface area contributed by atoms with Gasteiger partial charge in [-0.25, -0.2) is 5.43 Å². The van der Waals surface area contributed by atoms with Crippen LogP contribution in [-0.4, -0.2) is 18.2 Å². The van der Waals surface area contributed by atoms with E-state index in [9.17, 15) is 4.79 Å². The fraction of sp³-hybridized carbons (Fsp3) is 0.273. The van der Waals surface area contributed by atoms with Crippen molar-refractivity contribution in [1.29, 1.82) is 0 Å². The molecular formula is C22H24N2O2. The third-order valence-electron chi connectivity index (χ3n) is 4.72. The summed E-state index contributed by atoms with van der Waals surface area (Å²) in [5, 5.41) is 6.37. The first-order valence-electron chi connectivity index (χ1n) is 8.83. The van der Waals surface area contributed by atoms with Crippen LogP contribution in [0.2, 0.25) is 0 Å². The number of allylic oxidation sites excluding steroid dienone is 3. The zero-order valence-corrected chi connectivity index (χ0v) is 15.3. The molecule has 2 aromatic carbocycles. The van der Waals surface area contributed by atoms with Crippen molar-refractivity contribution in [2.75, 3.05) is 6.61 Å². The minimum atomic E-state index is -0.268. The van der Waals surface area contributed by atoms with E-state index in [-0.39, 0.29) is 12.5 Å². The van der Waals surface area contributed by atoms with Gasteiger partial charge in [0, 0.05) is 5.39 Å². The fourth-order valence-electron chi connectivity index (χ4n) is 3.05. The van der Waals surface area contributed by atoms with E-state index >= 15 is 0 Å². The van der Waals surface area contributed by atoms with Crippen LogP contribution in [-0.2, 0) is 4.79 Å². The number of rotatable bonds is 5. The number of nitrogens with one attached hydrogen (secondary N) is 1. The van der Waals surface area contributed by atoms with E-state index in [1.807, 2.05) is 56.3 Å². The molecule has 26 heavy (non-hydrogen) atoms. The number of ether oxygens (including phenoxy) is 1. The molecule has 2 aromatic rings. The Bertz CT molecular complexity index is 891. The average molecular weight is 348 g/mol. The number of carbonyl (C=O) groups excluding carboxylic acids is 1. The largest absolute Gasteiger partial charge is 0.483 e. The highest BCUT2D eigenvalue weighted by molar-refractivity contribution is 6.01. The molecule has 1 amide bonds. The quantitative estimate of drug-likeness (QED) is 0.633. The number of hydrogen-bond acceptors (Lipinski definition) is 3. The summed E-state index contributed by atoms with van der Waals surface area (Å²) in [5.41, 5.74) is 5.77. The van der Waals surface area contributed by atoms with E-state index in [0.29, 0.717) is 11.7 Å². The zero-order chi connectivity index (χ0) is 18.5. The summed E-state index contributed by atoms with van der Waals surface area (Å²) in [6.45, 7) is 8.01. The SMILES string of the molecule is C=C(C)C1CC=C(C)/C(=N\NC(=O)COc2cccc3ccccc23)C1. The summed E-state index contributed by atoms with van der Waals surface area (Å²) < 4.78 is 5.70. The second-order valence-corrected chi connectivity index (χ2v) is 6.73. The van der Waals surface area contributed by atoms with Crippen LogP contribution in [0.3, 0.4) is 0 Å². The molecule has 0 radical (unpaired) electrons. The van der Waals surface area contributed by atoms with Gasteiger partial charge in [-0.3, -0.25) is 4.79 Å². The maximum absolute atomic E-state index is 12.1. The van der Waals surface area contributed by atoms with Crippen molar-refractivity contribution in [3.8, 4) is 5.75 Å². The topological polar surface area (TPSA) is 50.7 Å². The maximum Gasteiger partial charge on any atom is 0.277 e. The lowest BCUT2D eigenvalue weighted by molar-refractivity contribution is -0.123. The highest BCUT2D eigenvalue weighted by Gasteiger charge is 2.18. The molecule has 0 saturated heterocycles. The Morgan fingerprint density at radius 1 is 1.27 bits per heavy atom. The van der Waals surface area contributed by atoms with E-state index in [1.165, 1.54) is 0 Å². The summed E-state index contributed by atoms with van der Waals surface area (Å²) in [4.78, 5) is 12.1. The first-order valence-corrected chi connectivity index (χ1v) is 8.83. The molecule has 0 heterocycles. The van der Waals surface area contributed by atoms with Gasteiger partial charge in [0.1, 0.15) is 5.75 Å². The summed E-state index contributed by atoms with van der Waals surface area (Å²) in [5.74, 6) is 0.818. The predicted molar refractivity (Wildman–Crippen MR) is 106 cm³/mol. The molecule has 1 aliphatic rings. The number of benzene rings is 2. The van der Waals surface area contributed by atoms with Crippen molar-refractivity contribution >= 4 is 22.4 Å². The molecule has 0 fully saturated rings. The molecular weight excluding hydrogens is 324 g/mol. The molecule has 0 bridgehead atoms. The molecule has 0 aromatic heterocycles. The van der Waals surface area contributed by atoms with E-state index in [2.05, 4.69) is 23.2 Å². The first kappa shape index (κ1) is 17.9. The number of hydrogen-bond donors (Lipinski definition) is 1. The number of fused-ring (bicyclic) bond motifs is 1. The Hall–Kier alpha value is -2.88. The van der Waals surface area contributed by atoms with E-state index < -0.39 is 0 Å². The van der Waals surface area contributed by atoms with Gasteiger partial charge in [0.15, 0.2) is 6.61 Å². The Balaban J connectivity index is 1.61. The van der Waals surface area contributed by atoms with Crippen molar-refractivity contribution in [3.63, 3.8) is 0 Å². The molecule has 0 spiro atoms. The monoisotopic (exact) mass is 348 g/mol. The molecule has 1 N–H and O–H groups in total. The van der Waals surface area contributed by atoms with Gasteiger partial charge in [-0.1, -0.05) is 54.6 Å². The lowest BCUT2D eigenvalue weighted by Crippen LogP contribution is -2.27. The molecule has 134 valence electrons. The van der Waals surface area contributed by atoms with Gasteiger partial charge in [0.2, 0.25) is 0 Å². The Labute approximate surface area is 154 Å². The van der Waals surface area contributed by atoms with Crippen molar-refractivity contribution in [3.05, 3.63) is 66.3 Å². The van der Waals surface area contributed by atoms with Gasteiger partial charge >= 0.3 is 0 Å². The van der Waals surface area contributed by atoms with Crippen LogP contribution < -0.4 is 10.2 Å². The van der Waals surface area contributed by atoms with Gasteiger partial charge in [0.05, 0.1) is 5.71 Å². The lowest BCUT2D eigenvalue weighted by atomic mass is 9.85. The molecule has 3 rings (SSSR count). The molecule has 1 unspecified atom stereocenters. The van der Waals surface area contributed by atoms with E-state index in [0.717, 1.165) is 40.5 Å². The summed E-state index contributed by atoms with van der Waals surface area (Å²) in [6.07, 6.45) is 3.95. The van der Waals surface area contributed by atoms with Crippen LogP contribution in [0, 0.1) is 5.92 Å². The maximum atomic E-state index is 12.1. The van der Waals surface area contributed by atoms with Crippen molar-refractivity contribution < 1.29 is 9.53 Å². The van der Waals surface area contributed by atoms with Crippen molar-refractivity contribution in [2.45, 2.75) is 26.7 Å². The Morgan fingerprint density at radius 3 is 2.85 bits per heavy atom. The van der Waals surface area contributed by atoms with Crippen LogP contribution in [0.1, 0.15) is 26.7 Å².